The van der Waals surface area contributed by atoms with Crippen molar-refractivity contribution in [1.29, 1.82) is 0 Å². The van der Waals surface area contributed by atoms with Gasteiger partial charge in [0.25, 0.3) is 0 Å². The van der Waals surface area contributed by atoms with Crippen LogP contribution in [0, 0.1) is 35.4 Å². The van der Waals surface area contributed by atoms with Crippen LogP contribution in [0.1, 0.15) is 63.5 Å². The van der Waals surface area contributed by atoms with E-state index in [0.717, 1.165) is 29.1 Å². The number of aryl methyl sites for hydroxylation is 1. The van der Waals surface area contributed by atoms with E-state index in [4.69, 9.17) is 18.9 Å². The Hall–Kier alpha value is -1.77. The Bertz CT molecular complexity index is 967. The predicted molar refractivity (Wildman–Crippen MR) is 138 cm³/mol. The van der Waals surface area contributed by atoms with E-state index in [0.29, 0.717) is 19.8 Å². The number of rotatable bonds is 10. The van der Waals surface area contributed by atoms with Gasteiger partial charge >= 0.3 is 217 Å². The summed E-state index contributed by atoms with van der Waals surface area (Å²) in [6.45, 7) is 7.50. The maximum absolute atomic E-state index is 11.7. The first-order chi connectivity index (χ1) is 16.9. The molecule has 4 aliphatic rings. The van der Waals surface area contributed by atoms with Gasteiger partial charge in [-0.25, -0.2) is 0 Å². The van der Waals surface area contributed by atoms with Crippen molar-refractivity contribution in [2.24, 2.45) is 17.8 Å². The van der Waals surface area contributed by atoms with Gasteiger partial charge in [-0.2, -0.15) is 0 Å². The second-order valence-corrected chi connectivity index (χ2v) is 12.2. The van der Waals surface area contributed by atoms with Crippen LogP contribution in [0.4, 0.5) is 0 Å². The number of carbonyl (C=O) groups is 1. The molecule has 35 heavy (non-hydrogen) atoms. The molecule has 4 aliphatic carbocycles. The van der Waals surface area contributed by atoms with Crippen molar-refractivity contribution in [1.82, 2.24) is 0 Å². The Labute approximate surface area is 216 Å². The van der Waals surface area contributed by atoms with Crippen LogP contribution in [0.3, 0.4) is 0 Å². The molecular formula is C29H38O5Se. The van der Waals surface area contributed by atoms with Crippen molar-refractivity contribution in [2.45, 2.75) is 64.7 Å². The number of hydrogen-bond donors (Lipinski definition) is 0. The molecular weight excluding hydrogens is 507 g/mol. The van der Waals surface area contributed by atoms with E-state index in [1.807, 2.05) is 6.92 Å². The van der Waals surface area contributed by atoms with Crippen LogP contribution in [0.2, 0.25) is 0 Å². The number of allylic oxidation sites excluding steroid dienone is 1. The van der Waals surface area contributed by atoms with Gasteiger partial charge in [-0.1, -0.05) is 0 Å². The first kappa shape index (κ1) is 26.3. The Morgan fingerprint density at radius 1 is 1.14 bits per heavy atom. The molecule has 1 aromatic carbocycles. The van der Waals surface area contributed by atoms with Gasteiger partial charge in [0, 0.05) is 0 Å². The molecule has 0 aromatic heterocycles. The summed E-state index contributed by atoms with van der Waals surface area (Å²) in [6.07, 6.45) is 9.55. The quantitative estimate of drug-likeness (QED) is 0.110. The summed E-state index contributed by atoms with van der Waals surface area (Å²) in [5, 5.41) is 0. The van der Waals surface area contributed by atoms with Crippen LogP contribution in [-0.4, -0.2) is 54.6 Å². The van der Waals surface area contributed by atoms with Crippen LogP contribution in [-0.2, 0) is 24.4 Å². The van der Waals surface area contributed by atoms with Gasteiger partial charge in [0.05, 0.1) is 0 Å². The molecule has 0 unspecified atom stereocenters. The van der Waals surface area contributed by atoms with Crippen molar-refractivity contribution >= 4 is 25.4 Å². The minimum absolute atomic E-state index is 0.0155. The predicted octanol–water partition coefficient (Wildman–Crippen LogP) is 4.26. The van der Waals surface area contributed by atoms with E-state index in [1.54, 1.807) is 14.0 Å². The van der Waals surface area contributed by atoms with Crippen LogP contribution < -0.4 is 9.20 Å². The molecule has 0 spiro atoms. The maximum atomic E-state index is 11.7. The molecule has 0 saturated heterocycles. The Morgan fingerprint density at radius 2 is 1.83 bits per heavy atom. The third-order valence-corrected chi connectivity index (χ3v) is 9.46. The zero-order valence-electron chi connectivity index (χ0n) is 21.5. The molecule has 5 nitrogen and oxygen atoms in total. The summed E-state index contributed by atoms with van der Waals surface area (Å²) in [4.78, 5) is 15.0. The fraction of sp³-hybridized carbons (Fsp3) is 0.621. The number of ether oxygens (including phenoxy) is 4. The summed E-state index contributed by atoms with van der Waals surface area (Å²) in [5.74, 6) is 6.37. The topological polar surface area (TPSA) is 54.0 Å². The molecule has 0 aliphatic heterocycles. The van der Waals surface area contributed by atoms with Gasteiger partial charge in [-0.3, -0.25) is 0 Å². The SMILES string of the molecule is CCOC(=O)/C=C(\C)C#C[Se]c1cc(C23CC4CC(CC(C4)C2)C3)c(OCOCCOC)cc1C. The first-order valence-corrected chi connectivity index (χ1v) is 14.5. The zero-order valence-corrected chi connectivity index (χ0v) is 23.2. The van der Waals surface area contributed by atoms with Crippen molar-refractivity contribution in [3.05, 3.63) is 34.9 Å². The normalized spacial score (nSPS) is 26.9. The Kier molecular flexibility index (Phi) is 9.00. The summed E-state index contributed by atoms with van der Waals surface area (Å²) in [7, 11) is 1.68. The van der Waals surface area contributed by atoms with Crippen LogP contribution in [0.25, 0.3) is 0 Å². The van der Waals surface area contributed by atoms with Gasteiger partial charge in [0.1, 0.15) is 0 Å². The molecule has 0 heterocycles. The molecule has 4 saturated carbocycles. The molecule has 0 amide bonds. The van der Waals surface area contributed by atoms with Gasteiger partial charge in [0.15, 0.2) is 0 Å². The van der Waals surface area contributed by atoms with E-state index in [1.165, 1.54) is 60.2 Å². The third kappa shape index (κ3) is 6.52. The van der Waals surface area contributed by atoms with Crippen LogP contribution in [0.5, 0.6) is 5.75 Å². The second kappa shape index (κ2) is 12.0. The molecule has 4 fully saturated rings. The molecule has 0 radical (unpaired) electrons. The van der Waals surface area contributed by atoms with Crippen LogP contribution in [0.15, 0.2) is 23.8 Å². The van der Waals surface area contributed by atoms with Gasteiger partial charge in [-0.05, 0) is 0 Å². The molecule has 5 rings (SSSR count). The summed E-state index contributed by atoms with van der Waals surface area (Å²) < 4.78 is 23.3. The van der Waals surface area contributed by atoms with E-state index in [-0.39, 0.29) is 33.1 Å². The molecule has 190 valence electrons. The molecule has 0 N–H and O–H groups in total. The molecule has 6 heteroatoms. The second-order valence-electron chi connectivity index (χ2n) is 10.4. The average molecular weight is 546 g/mol. The summed E-state index contributed by atoms with van der Waals surface area (Å²) in [5.41, 5.74) is 3.53. The van der Waals surface area contributed by atoms with Gasteiger partial charge in [-0.15, -0.1) is 0 Å². The first-order valence-electron chi connectivity index (χ1n) is 12.8. The summed E-state index contributed by atoms with van der Waals surface area (Å²) >= 11 is -0.0155. The van der Waals surface area contributed by atoms with Gasteiger partial charge in [0.2, 0.25) is 0 Å². The Balaban J connectivity index is 1.58. The fourth-order valence-electron chi connectivity index (χ4n) is 6.61. The van der Waals surface area contributed by atoms with Crippen molar-refractivity contribution in [3.63, 3.8) is 0 Å². The van der Waals surface area contributed by atoms with Crippen molar-refractivity contribution in [2.75, 3.05) is 33.7 Å². The monoisotopic (exact) mass is 546 g/mol. The molecule has 1 aromatic rings. The number of carbonyl (C=O) groups excluding carboxylic acids is 1. The Morgan fingerprint density at radius 3 is 2.46 bits per heavy atom. The van der Waals surface area contributed by atoms with E-state index >= 15 is 0 Å². The molecule has 4 bridgehead atoms. The summed E-state index contributed by atoms with van der Waals surface area (Å²) in [6, 6.07) is 4.60. The van der Waals surface area contributed by atoms with E-state index in [9.17, 15) is 4.79 Å². The van der Waals surface area contributed by atoms with Crippen molar-refractivity contribution in [3.8, 4) is 16.5 Å². The van der Waals surface area contributed by atoms with Crippen molar-refractivity contribution < 1.29 is 23.7 Å². The number of esters is 1. The molecule has 0 atom stereocenters. The number of hydrogen-bond acceptors (Lipinski definition) is 5. The third-order valence-electron chi connectivity index (χ3n) is 7.65. The van der Waals surface area contributed by atoms with Crippen LogP contribution >= 0.6 is 0 Å². The average Bonchev–Trinajstić information content (AvgIpc) is 2.79. The van der Waals surface area contributed by atoms with E-state index in [2.05, 4.69) is 29.8 Å². The fourth-order valence-corrected chi connectivity index (χ4v) is 8.12. The standard InChI is InChI=1S/C29H38O5Se/c1-5-33-28(30)10-20(2)6-9-35-27-15-25(26(11-21(27)3)34-19-32-8-7-31-4)29-16-22-12-23(17-29)14-24(13-22)18-29/h10-11,15,22-24H,5,7-8,12-14,16-19H2,1-4H3/b20-10+. The van der Waals surface area contributed by atoms with E-state index < -0.39 is 0 Å². The number of methoxy groups -OCH3 is 1. The number of benzene rings is 1. The zero-order chi connectivity index (χ0) is 24.8. The van der Waals surface area contributed by atoms with Gasteiger partial charge < -0.3 is 0 Å². The minimum atomic E-state index is -0.332.